The largest absolute Gasteiger partial charge is 0.263 e. The Kier molecular flexibility index (Phi) is 3.82. The monoisotopic (exact) mass is 285 g/mol. The summed E-state index contributed by atoms with van der Waals surface area (Å²) in [5.74, 6) is 0.215. The highest BCUT2D eigenvalue weighted by Crippen LogP contribution is 2.15. The second-order valence-corrected chi connectivity index (χ2v) is 5.58. The first kappa shape index (κ1) is 13.8. The Bertz CT molecular complexity index is 775. The molecule has 1 aromatic carbocycles. The van der Waals surface area contributed by atoms with Crippen LogP contribution in [0.5, 0.6) is 0 Å². The number of rotatable bonds is 4. The minimum atomic E-state index is -3.72. The van der Waals surface area contributed by atoms with Gasteiger partial charge >= 0.3 is 0 Å². The lowest BCUT2D eigenvalue weighted by atomic mass is 10.2. The molecule has 0 aliphatic heterocycles. The number of benzene rings is 1. The van der Waals surface area contributed by atoms with Crippen LogP contribution in [0.15, 0.2) is 53.9 Å². The van der Waals surface area contributed by atoms with E-state index in [4.69, 9.17) is 5.26 Å². The summed E-state index contributed by atoms with van der Waals surface area (Å²) in [5, 5.41) is 8.69. The summed E-state index contributed by atoms with van der Waals surface area (Å²) in [4.78, 5) is 4.15. The first-order chi connectivity index (χ1) is 9.55. The first-order valence-corrected chi connectivity index (χ1v) is 7.16. The fourth-order valence-corrected chi connectivity index (χ4v) is 2.53. The molecule has 20 heavy (non-hydrogen) atoms. The van der Waals surface area contributed by atoms with Crippen molar-refractivity contribution in [1.29, 1.82) is 5.26 Å². The number of anilines is 1. The Hall–Kier alpha value is -2.65. The van der Waals surface area contributed by atoms with Gasteiger partial charge in [0.1, 0.15) is 5.82 Å². The van der Waals surface area contributed by atoms with Crippen LogP contribution in [0.4, 0.5) is 5.82 Å². The molecule has 1 aromatic heterocycles. The zero-order chi connectivity index (χ0) is 14.6. The Morgan fingerprint density at radius 1 is 1.20 bits per heavy atom. The summed E-state index contributed by atoms with van der Waals surface area (Å²) < 4.78 is 26.7. The van der Waals surface area contributed by atoms with Crippen LogP contribution in [0, 0.1) is 11.3 Å². The van der Waals surface area contributed by atoms with Crippen molar-refractivity contribution in [3.05, 3.63) is 60.3 Å². The third kappa shape index (κ3) is 3.02. The molecule has 0 fully saturated rings. The topological polar surface area (TPSA) is 82.9 Å². The number of sulfonamides is 1. The van der Waals surface area contributed by atoms with E-state index in [0.717, 1.165) is 0 Å². The van der Waals surface area contributed by atoms with E-state index in [-0.39, 0.29) is 10.7 Å². The van der Waals surface area contributed by atoms with E-state index < -0.39 is 10.0 Å². The lowest BCUT2D eigenvalue weighted by molar-refractivity contribution is 0.601. The van der Waals surface area contributed by atoms with Gasteiger partial charge in [-0.1, -0.05) is 12.6 Å². The van der Waals surface area contributed by atoms with Crippen LogP contribution in [0.1, 0.15) is 11.3 Å². The van der Waals surface area contributed by atoms with E-state index in [1.807, 2.05) is 6.07 Å². The average Bonchev–Trinajstić information content (AvgIpc) is 2.47. The molecule has 2 rings (SSSR count). The van der Waals surface area contributed by atoms with Crippen molar-refractivity contribution in [2.75, 3.05) is 4.72 Å². The maximum atomic E-state index is 12.1. The fourth-order valence-electron chi connectivity index (χ4n) is 1.53. The van der Waals surface area contributed by atoms with Crippen molar-refractivity contribution in [1.82, 2.24) is 4.98 Å². The van der Waals surface area contributed by atoms with Gasteiger partial charge in [0, 0.05) is 0 Å². The normalized spacial score (nSPS) is 10.6. The van der Waals surface area contributed by atoms with Gasteiger partial charge in [-0.25, -0.2) is 13.4 Å². The molecule has 0 aliphatic carbocycles. The number of nitrogens with zero attached hydrogens (tertiary/aromatic N) is 2. The van der Waals surface area contributed by atoms with Gasteiger partial charge in [0.25, 0.3) is 10.0 Å². The van der Waals surface area contributed by atoms with Crippen LogP contribution in [0.25, 0.3) is 6.08 Å². The number of aromatic nitrogens is 1. The molecule has 2 aromatic rings. The lowest BCUT2D eigenvalue weighted by Crippen LogP contribution is -2.14. The summed E-state index contributed by atoms with van der Waals surface area (Å²) in [6.45, 7) is 3.58. The Morgan fingerprint density at radius 3 is 2.50 bits per heavy atom. The second kappa shape index (κ2) is 5.55. The van der Waals surface area contributed by atoms with Crippen molar-refractivity contribution in [2.45, 2.75) is 4.90 Å². The van der Waals surface area contributed by atoms with Crippen LogP contribution in [0.3, 0.4) is 0 Å². The van der Waals surface area contributed by atoms with E-state index in [9.17, 15) is 8.42 Å². The minimum absolute atomic E-state index is 0.0716. The van der Waals surface area contributed by atoms with Crippen LogP contribution in [0.2, 0.25) is 0 Å². The van der Waals surface area contributed by atoms with Gasteiger partial charge in [0.2, 0.25) is 0 Å². The van der Waals surface area contributed by atoms with E-state index in [1.165, 1.54) is 30.3 Å². The quantitative estimate of drug-likeness (QED) is 0.935. The molecule has 1 N–H and O–H groups in total. The highest BCUT2D eigenvalue weighted by Gasteiger charge is 2.14. The molecule has 0 unspecified atom stereocenters. The van der Waals surface area contributed by atoms with Gasteiger partial charge in [-0.05, 0) is 42.5 Å². The van der Waals surface area contributed by atoms with Gasteiger partial charge < -0.3 is 0 Å². The van der Waals surface area contributed by atoms with Gasteiger partial charge in [-0.2, -0.15) is 5.26 Å². The zero-order valence-corrected chi connectivity index (χ0v) is 11.3. The second-order valence-electron chi connectivity index (χ2n) is 3.89. The van der Waals surface area contributed by atoms with E-state index in [0.29, 0.717) is 11.3 Å². The number of pyridine rings is 1. The van der Waals surface area contributed by atoms with Crippen molar-refractivity contribution >= 4 is 21.9 Å². The van der Waals surface area contributed by atoms with Gasteiger partial charge in [0.05, 0.1) is 22.2 Å². The van der Waals surface area contributed by atoms with Crippen molar-refractivity contribution in [2.24, 2.45) is 0 Å². The van der Waals surface area contributed by atoms with Crippen LogP contribution >= 0.6 is 0 Å². The third-order valence-corrected chi connectivity index (χ3v) is 3.88. The van der Waals surface area contributed by atoms with Crippen molar-refractivity contribution in [3.8, 4) is 6.07 Å². The SMILES string of the molecule is C=Cc1cccc(NS(=O)(=O)c2ccc(C#N)cc2)n1. The number of hydrogen-bond donors (Lipinski definition) is 1. The Morgan fingerprint density at radius 2 is 1.90 bits per heavy atom. The zero-order valence-electron chi connectivity index (χ0n) is 10.4. The minimum Gasteiger partial charge on any atom is -0.263 e. The molecule has 0 spiro atoms. The van der Waals surface area contributed by atoms with Crippen LogP contribution < -0.4 is 4.72 Å². The molecular formula is C14H11N3O2S. The predicted octanol–water partition coefficient (Wildman–Crippen LogP) is 2.40. The highest BCUT2D eigenvalue weighted by molar-refractivity contribution is 7.92. The molecule has 0 atom stereocenters. The highest BCUT2D eigenvalue weighted by atomic mass is 32.2. The van der Waals surface area contributed by atoms with Crippen molar-refractivity contribution < 1.29 is 8.42 Å². The predicted molar refractivity (Wildman–Crippen MR) is 76.3 cm³/mol. The number of nitriles is 1. The van der Waals surface area contributed by atoms with E-state index in [2.05, 4.69) is 16.3 Å². The summed E-state index contributed by atoms with van der Waals surface area (Å²) in [5.41, 5.74) is 0.973. The smallest absolute Gasteiger partial charge is 0.263 e. The van der Waals surface area contributed by atoms with Gasteiger partial charge in [-0.15, -0.1) is 0 Å². The molecule has 6 heteroatoms. The molecule has 0 bridgehead atoms. The van der Waals surface area contributed by atoms with Crippen LogP contribution in [-0.2, 0) is 10.0 Å². The molecule has 0 aliphatic rings. The molecule has 0 saturated carbocycles. The van der Waals surface area contributed by atoms with Gasteiger partial charge in [0.15, 0.2) is 0 Å². The standard InChI is InChI=1S/C14H11N3O2S/c1-2-12-4-3-5-14(16-12)17-20(18,19)13-8-6-11(10-15)7-9-13/h2-9H,1H2,(H,16,17). The number of hydrogen-bond acceptors (Lipinski definition) is 4. The molecular weight excluding hydrogens is 274 g/mol. The maximum absolute atomic E-state index is 12.1. The van der Waals surface area contributed by atoms with Gasteiger partial charge in [-0.3, -0.25) is 4.72 Å². The molecule has 0 saturated heterocycles. The van der Waals surface area contributed by atoms with Crippen molar-refractivity contribution in [3.63, 3.8) is 0 Å². The van der Waals surface area contributed by atoms with E-state index >= 15 is 0 Å². The maximum Gasteiger partial charge on any atom is 0.263 e. The molecule has 5 nitrogen and oxygen atoms in total. The average molecular weight is 285 g/mol. The molecule has 1 heterocycles. The summed E-state index contributed by atoms with van der Waals surface area (Å²) >= 11 is 0. The Labute approximate surface area is 117 Å². The molecule has 0 radical (unpaired) electrons. The molecule has 0 amide bonds. The van der Waals surface area contributed by atoms with Crippen LogP contribution in [-0.4, -0.2) is 13.4 Å². The summed E-state index contributed by atoms with van der Waals surface area (Å²) in [6, 6.07) is 12.5. The number of nitrogens with one attached hydrogen (secondary N) is 1. The molecule has 100 valence electrons. The Balaban J connectivity index is 2.30. The third-order valence-electron chi connectivity index (χ3n) is 2.51. The first-order valence-electron chi connectivity index (χ1n) is 5.67. The lowest BCUT2D eigenvalue weighted by Gasteiger charge is -2.07. The van der Waals surface area contributed by atoms with E-state index in [1.54, 1.807) is 18.2 Å². The summed E-state index contributed by atoms with van der Waals surface area (Å²) in [6.07, 6.45) is 1.53. The fraction of sp³-hybridized carbons (Fsp3) is 0. The summed E-state index contributed by atoms with van der Waals surface area (Å²) in [7, 11) is -3.72.